The summed E-state index contributed by atoms with van der Waals surface area (Å²) in [6, 6.07) is 5.82. The molecule has 0 aliphatic heterocycles. The largest absolute Gasteiger partial charge is 0.370 e. The van der Waals surface area contributed by atoms with Gasteiger partial charge in [-0.15, -0.1) is 0 Å². The number of hydrogen-bond donors (Lipinski definition) is 2. The fourth-order valence-electron chi connectivity index (χ4n) is 2.79. The minimum Gasteiger partial charge on any atom is -0.370 e. The third-order valence-corrected chi connectivity index (χ3v) is 4.02. The Balaban J connectivity index is 2.01. The van der Waals surface area contributed by atoms with Crippen molar-refractivity contribution in [3.05, 3.63) is 23.9 Å². The number of carbonyl (C=O) groups is 1. The number of aromatic nitrogens is 1. The van der Waals surface area contributed by atoms with E-state index in [1.54, 1.807) is 6.07 Å². The summed E-state index contributed by atoms with van der Waals surface area (Å²) in [7, 11) is 0. The van der Waals surface area contributed by atoms with Crippen LogP contribution in [0.3, 0.4) is 0 Å². The van der Waals surface area contributed by atoms with Gasteiger partial charge in [-0.05, 0) is 37.8 Å². The van der Waals surface area contributed by atoms with Crippen LogP contribution in [0.15, 0.2) is 18.2 Å². The molecule has 2 rings (SSSR count). The molecule has 2 atom stereocenters. The Bertz CT molecular complexity index is 447. The van der Waals surface area contributed by atoms with Crippen LogP contribution in [0.2, 0.25) is 0 Å². The lowest BCUT2D eigenvalue weighted by Gasteiger charge is -2.22. The molecule has 4 heteroatoms. The molecular weight excluding hydrogens is 250 g/mol. The van der Waals surface area contributed by atoms with E-state index >= 15 is 0 Å². The first-order valence-corrected chi connectivity index (χ1v) is 7.72. The van der Waals surface area contributed by atoms with Crippen molar-refractivity contribution in [2.45, 2.75) is 52.0 Å². The van der Waals surface area contributed by atoms with Crippen LogP contribution in [0.4, 0.5) is 5.82 Å². The molecule has 0 bridgehead atoms. The number of nitrogens with one attached hydrogen (secondary N) is 2. The van der Waals surface area contributed by atoms with Gasteiger partial charge in [-0.3, -0.25) is 4.79 Å². The molecule has 1 aliphatic rings. The predicted octanol–water partition coefficient (Wildman–Crippen LogP) is 3.21. The Kier molecular flexibility index (Phi) is 5.39. The van der Waals surface area contributed by atoms with Crippen LogP contribution >= 0.6 is 0 Å². The highest BCUT2D eigenvalue weighted by Gasteiger charge is 2.22. The average Bonchev–Trinajstić information content (AvgIpc) is 2.65. The lowest BCUT2D eigenvalue weighted by molar-refractivity contribution is 0.0916. The van der Waals surface area contributed by atoms with E-state index in [2.05, 4.69) is 22.5 Å². The highest BCUT2D eigenvalue weighted by molar-refractivity contribution is 5.92. The molecule has 1 amide bonds. The Morgan fingerprint density at radius 2 is 2.10 bits per heavy atom. The molecule has 1 aromatic rings. The molecule has 0 spiro atoms. The summed E-state index contributed by atoms with van der Waals surface area (Å²) in [6.45, 7) is 5.05. The van der Waals surface area contributed by atoms with E-state index in [1.807, 2.05) is 19.1 Å². The van der Waals surface area contributed by atoms with Crippen LogP contribution in [0.25, 0.3) is 0 Å². The summed E-state index contributed by atoms with van der Waals surface area (Å²) in [5.41, 5.74) is 0.500. The molecule has 1 aromatic heterocycles. The smallest absolute Gasteiger partial charge is 0.270 e. The summed E-state index contributed by atoms with van der Waals surface area (Å²) in [5.74, 6) is 1.26. The maximum atomic E-state index is 12.3. The van der Waals surface area contributed by atoms with Crippen molar-refractivity contribution >= 4 is 11.7 Å². The summed E-state index contributed by atoms with van der Waals surface area (Å²) < 4.78 is 0. The molecular formula is C16H25N3O. The monoisotopic (exact) mass is 275 g/mol. The van der Waals surface area contributed by atoms with Gasteiger partial charge < -0.3 is 10.6 Å². The third kappa shape index (κ3) is 3.95. The Labute approximate surface area is 121 Å². The van der Waals surface area contributed by atoms with Crippen molar-refractivity contribution in [1.82, 2.24) is 10.3 Å². The van der Waals surface area contributed by atoms with Crippen LogP contribution in [0.1, 0.15) is 56.4 Å². The van der Waals surface area contributed by atoms with E-state index in [-0.39, 0.29) is 11.9 Å². The van der Waals surface area contributed by atoms with E-state index in [1.165, 1.54) is 25.7 Å². The van der Waals surface area contributed by atoms with E-state index in [0.29, 0.717) is 11.6 Å². The average molecular weight is 275 g/mol. The van der Waals surface area contributed by atoms with Gasteiger partial charge in [0.25, 0.3) is 5.91 Å². The first kappa shape index (κ1) is 14.8. The summed E-state index contributed by atoms with van der Waals surface area (Å²) in [5, 5.41) is 6.30. The fraction of sp³-hybridized carbons (Fsp3) is 0.625. The zero-order valence-corrected chi connectivity index (χ0v) is 12.5. The van der Waals surface area contributed by atoms with Gasteiger partial charge in [-0.1, -0.05) is 32.3 Å². The van der Waals surface area contributed by atoms with Crippen molar-refractivity contribution < 1.29 is 4.79 Å². The van der Waals surface area contributed by atoms with Gasteiger partial charge in [0, 0.05) is 12.6 Å². The number of nitrogens with zero attached hydrogens (tertiary/aromatic N) is 1. The zero-order valence-electron chi connectivity index (χ0n) is 12.5. The summed E-state index contributed by atoms with van der Waals surface area (Å²) in [4.78, 5) is 16.7. The Morgan fingerprint density at radius 1 is 1.30 bits per heavy atom. The standard InChI is InChI=1S/C16H25N3O/c1-3-17-15-11-7-10-14(18-15)16(20)19-13-9-6-4-5-8-12(13)2/h7,10-13H,3-6,8-9H2,1-2H3,(H,17,18)(H,19,20). The summed E-state index contributed by atoms with van der Waals surface area (Å²) >= 11 is 0. The highest BCUT2D eigenvalue weighted by Crippen LogP contribution is 2.23. The number of hydrogen-bond acceptors (Lipinski definition) is 3. The van der Waals surface area contributed by atoms with Gasteiger partial charge >= 0.3 is 0 Å². The van der Waals surface area contributed by atoms with E-state index in [9.17, 15) is 4.79 Å². The zero-order chi connectivity index (χ0) is 14.4. The van der Waals surface area contributed by atoms with Crippen LogP contribution < -0.4 is 10.6 Å². The molecule has 0 saturated heterocycles. The molecule has 1 heterocycles. The molecule has 110 valence electrons. The summed E-state index contributed by atoms with van der Waals surface area (Å²) in [6.07, 6.45) is 6.06. The van der Waals surface area contributed by atoms with Gasteiger partial charge in [0.05, 0.1) is 0 Å². The molecule has 1 aliphatic carbocycles. The van der Waals surface area contributed by atoms with Crippen LogP contribution in [0, 0.1) is 5.92 Å². The van der Waals surface area contributed by atoms with Gasteiger partial charge in [-0.2, -0.15) is 0 Å². The fourth-order valence-corrected chi connectivity index (χ4v) is 2.79. The van der Waals surface area contributed by atoms with Crippen molar-refractivity contribution in [3.63, 3.8) is 0 Å². The quantitative estimate of drug-likeness (QED) is 0.830. The second-order valence-electron chi connectivity index (χ2n) is 5.63. The maximum Gasteiger partial charge on any atom is 0.270 e. The Hall–Kier alpha value is -1.58. The third-order valence-electron chi connectivity index (χ3n) is 4.02. The molecule has 20 heavy (non-hydrogen) atoms. The molecule has 2 N–H and O–H groups in total. The van der Waals surface area contributed by atoms with E-state index in [0.717, 1.165) is 18.8 Å². The molecule has 1 fully saturated rings. The van der Waals surface area contributed by atoms with Crippen LogP contribution in [0.5, 0.6) is 0 Å². The minimum atomic E-state index is -0.0523. The molecule has 4 nitrogen and oxygen atoms in total. The molecule has 0 aromatic carbocycles. The number of anilines is 1. The Morgan fingerprint density at radius 3 is 2.90 bits per heavy atom. The lowest BCUT2D eigenvalue weighted by Crippen LogP contribution is -2.39. The number of amides is 1. The number of pyridine rings is 1. The maximum absolute atomic E-state index is 12.3. The molecule has 1 saturated carbocycles. The number of rotatable bonds is 4. The highest BCUT2D eigenvalue weighted by atomic mass is 16.1. The molecule has 0 radical (unpaired) electrons. The van der Waals surface area contributed by atoms with Crippen molar-refractivity contribution in [2.75, 3.05) is 11.9 Å². The molecule has 2 unspecified atom stereocenters. The van der Waals surface area contributed by atoms with E-state index < -0.39 is 0 Å². The number of carbonyl (C=O) groups excluding carboxylic acids is 1. The van der Waals surface area contributed by atoms with Gasteiger partial charge in [0.1, 0.15) is 11.5 Å². The van der Waals surface area contributed by atoms with Crippen molar-refractivity contribution in [2.24, 2.45) is 5.92 Å². The SMILES string of the molecule is CCNc1cccc(C(=O)NC2CCCCCC2C)n1. The van der Waals surface area contributed by atoms with Gasteiger partial charge in [-0.25, -0.2) is 4.98 Å². The van der Waals surface area contributed by atoms with Crippen molar-refractivity contribution in [1.29, 1.82) is 0 Å². The second kappa shape index (κ2) is 7.27. The lowest BCUT2D eigenvalue weighted by atomic mass is 9.97. The minimum absolute atomic E-state index is 0.0523. The predicted molar refractivity (Wildman–Crippen MR) is 81.9 cm³/mol. The second-order valence-corrected chi connectivity index (χ2v) is 5.63. The van der Waals surface area contributed by atoms with Gasteiger partial charge in [0.15, 0.2) is 0 Å². The topological polar surface area (TPSA) is 54.0 Å². The van der Waals surface area contributed by atoms with E-state index in [4.69, 9.17) is 0 Å². The first-order valence-electron chi connectivity index (χ1n) is 7.72. The van der Waals surface area contributed by atoms with Crippen LogP contribution in [-0.4, -0.2) is 23.5 Å². The first-order chi connectivity index (χ1) is 9.70. The van der Waals surface area contributed by atoms with Gasteiger partial charge in [0.2, 0.25) is 0 Å². The van der Waals surface area contributed by atoms with Crippen molar-refractivity contribution in [3.8, 4) is 0 Å². The normalized spacial score (nSPS) is 22.9. The van der Waals surface area contributed by atoms with Crippen LogP contribution in [-0.2, 0) is 0 Å².